The molecule has 7 atom stereocenters. The first-order chi connectivity index (χ1) is 27.6. The van der Waals surface area contributed by atoms with Crippen molar-refractivity contribution < 1.29 is 90.4 Å². The maximum atomic E-state index is 12.7. The van der Waals surface area contributed by atoms with Crippen LogP contribution in [0.5, 0.6) is 0 Å². The number of aliphatic carboxylic acids is 1. The number of ether oxygens (including phenoxy) is 1. The van der Waals surface area contributed by atoms with Crippen molar-refractivity contribution in [3.05, 3.63) is 12.7 Å². The van der Waals surface area contributed by atoms with Gasteiger partial charge in [0.05, 0.1) is 19.5 Å². The van der Waals surface area contributed by atoms with Gasteiger partial charge in [0.25, 0.3) is 0 Å². The van der Waals surface area contributed by atoms with Gasteiger partial charge in [-0.05, 0) is 19.3 Å². The number of amides is 2. The molecule has 1 fully saturated rings. The minimum absolute atomic E-state index is 0.0161. The first-order valence-electron chi connectivity index (χ1n) is 17.5. The molecular weight excluding hydrogens is 891 g/mol. The predicted molar refractivity (Wildman–Crippen MR) is 204 cm³/mol. The number of carboxylic acids is 1. The standard InChI is InChI=1S/C28H48N9O19P3S/c1-27(2,21(42)24(43)33-8-6-16(38)32-9-10-60-26(44)28(30,31)7-4-3-5-17(39)40)12-53-59(50,51)56-58(48,49)52-11-15-20(55-57(45,46)47)19(41)25(54-15)37-14-36-18-22(29)34-13-35-23(18)37/h13-15,19-21,25,41-42H,3-12,30-31H2,1-2H3,(H,32,38)(H,33,43)(H,39,40)(H,48,49)(H,50,51)(H2,29,34,35)(H2,45,46,47)/t15-,19-,20-,21+,25-/m1/s1. The number of phosphoric acid groups is 3. The van der Waals surface area contributed by atoms with Crippen LogP contribution in [0.25, 0.3) is 11.2 Å². The van der Waals surface area contributed by atoms with Gasteiger partial charge in [0.1, 0.15) is 41.9 Å². The van der Waals surface area contributed by atoms with Crippen LogP contribution in [0.3, 0.4) is 0 Å². The number of carbonyl (C=O) groups excluding carboxylic acids is 3. The molecule has 0 bridgehead atoms. The van der Waals surface area contributed by atoms with Crippen LogP contribution < -0.4 is 27.8 Å². The SMILES string of the molecule is CC(C)(COP(=O)(O)OP(=O)(O)OC[C@H]1O[C@@H](n2cnc3c(N)ncnc32)[C@H](O)[C@@H]1OP(=O)(O)O)[C@@H](O)C(=O)NCCC(=O)NCCSC(=O)C(N)(N)CCCCC(=O)O. The molecule has 3 heterocycles. The normalized spacial score (nSPS) is 21.2. The molecule has 28 nitrogen and oxygen atoms in total. The van der Waals surface area contributed by atoms with Gasteiger partial charge in [0, 0.05) is 37.1 Å². The number of nitrogens with zero attached hydrogens (tertiary/aromatic N) is 4. The number of carbonyl (C=O) groups is 4. The van der Waals surface area contributed by atoms with Crippen LogP contribution in [0, 0.1) is 5.41 Å². The minimum Gasteiger partial charge on any atom is -0.481 e. The van der Waals surface area contributed by atoms with E-state index in [1.165, 1.54) is 13.8 Å². The Bertz CT molecular complexity index is 1990. The van der Waals surface area contributed by atoms with Crippen LogP contribution in [0.2, 0.25) is 0 Å². The lowest BCUT2D eigenvalue weighted by atomic mass is 9.87. The molecule has 1 aliphatic rings. The Hall–Kier alpha value is -3.05. The number of carboxylic acid groups (broad SMARTS) is 1. The number of fused-ring (bicyclic) bond motifs is 1. The summed E-state index contributed by atoms with van der Waals surface area (Å²) in [5.41, 5.74) is 14.1. The van der Waals surface area contributed by atoms with E-state index in [2.05, 4.69) is 34.4 Å². The number of aliphatic hydroxyl groups excluding tert-OH is 2. The van der Waals surface area contributed by atoms with E-state index in [9.17, 15) is 62.7 Å². The van der Waals surface area contributed by atoms with Crippen LogP contribution in [-0.2, 0) is 55.5 Å². The third-order valence-electron chi connectivity index (χ3n) is 8.35. The molecule has 60 heavy (non-hydrogen) atoms. The molecular formula is C28H48N9O19P3S. The average Bonchev–Trinajstić information content (AvgIpc) is 3.69. The van der Waals surface area contributed by atoms with E-state index in [-0.39, 0.29) is 55.1 Å². The van der Waals surface area contributed by atoms with Crippen LogP contribution in [0.4, 0.5) is 5.82 Å². The molecule has 2 aromatic rings. The highest BCUT2D eigenvalue weighted by Crippen LogP contribution is 2.61. The van der Waals surface area contributed by atoms with Crippen molar-refractivity contribution in [2.45, 2.75) is 82.3 Å². The summed E-state index contributed by atoms with van der Waals surface area (Å²) in [6, 6.07) is 0. The summed E-state index contributed by atoms with van der Waals surface area (Å²) in [5, 5.41) is 34.4. The Morgan fingerprint density at radius 1 is 1.00 bits per heavy atom. The fourth-order valence-corrected chi connectivity index (χ4v) is 8.79. The minimum atomic E-state index is -5.60. The number of hydrogen-bond acceptors (Lipinski definition) is 21. The summed E-state index contributed by atoms with van der Waals surface area (Å²) < 4.78 is 62.1. The Labute approximate surface area is 344 Å². The summed E-state index contributed by atoms with van der Waals surface area (Å²) in [5.74, 6) is -2.50. The highest BCUT2D eigenvalue weighted by Gasteiger charge is 2.50. The number of anilines is 1. The summed E-state index contributed by atoms with van der Waals surface area (Å²) in [4.78, 5) is 98.6. The summed E-state index contributed by atoms with van der Waals surface area (Å²) in [6.45, 7) is 0.114. The highest BCUT2D eigenvalue weighted by molar-refractivity contribution is 8.13. The number of unbranched alkanes of at least 4 members (excludes halogenated alkanes) is 1. The second kappa shape index (κ2) is 21.4. The van der Waals surface area contributed by atoms with Gasteiger partial charge < -0.3 is 67.5 Å². The summed E-state index contributed by atoms with van der Waals surface area (Å²) in [7, 11) is -16.5. The fraction of sp³-hybridized carbons (Fsp3) is 0.679. The lowest BCUT2D eigenvalue weighted by Gasteiger charge is -2.30. The van der Waals surface area contributed by atoms with Crippen LogP contribution in [0.1, 0.15) is 52.2 Å². The number of imidazole rings is 1. The van der Waals surface area contributed by atoms with Crippen molar-refractivity contribution >= 4 is 75.1 Å². The van der Waals surface area contributed by atoms with E-state index >= 15 is 0 Å². The third kappa shape index (κ3) is 15.7. The fourth-order valence-electron chi connectivity index (χ4n) is 5.20. The van der Waals surface area contributed by atoms with Gasteiger partial charge in [-0.25, -0.2) is 28.6 Å². The molecule has 1 aliphatic heterocycles. The van der Waals surface area contributed by atoms with Crippen molar-refractivity contribution in [2.24, 2.45) is 16.9 Å². The molecule has 340 valence electrons. The number of aromatic nitrogens is 4. The second-order valence-corrected chi connectivity index (χ2v) is 19.1. The number of nitrogens with one attached hydrogen (secondary N) is 2. The number of rotatable bonds is 25. The number of nitrogens with two attached hydrogens (primary N) is 3. The van der Waals surface area contributed by atoms with Gasteiger partial charge in [-0.2, -0.15) is 4.31 Å². The van der Waals surface area contributed by atoms with E-state index in [4.69, 9.17) is 36.1 Å². The van der Waals surface area contributed by atoms with Crippen molar-refractivity contribution in [3.63, 3.8) is 0 Å². The van der Waals surface area contributed by atoms with Gasteiger partial charge in [0.15, 0.2) is 17.7 Å². The summed E-state index contributed by atoms with van der Waals surface area (Å²) in [6.07, 6.45) is -6.56. The Kier molecular flexibility index (Phi) is 18.3. The Morgan fingerprint density at radius 3 is 2.32 bits per heavy atom. The summed E-state index contributed by atoms with van der Waals surface area (Å²) >= 11 is 0.775. The van der Waals surface area contributed by atoms with E-state index < -0.39 is 101 Å². The molecule has 2 aromatic heterocycles. The molecule has 2 unspecified atom stereocenters. The number of phosphoric ester groups is 3. The molecule has 32 heteroatoms. The van der Waals surface area contributed by atoms with Gasteiger partial charge in [0.2, 0.25) is 16.9 Å². The Morgan fingerprint density at radius 2 is 1.67 bits per heavy atom. The average molecular weight is 940 g/mol. The first kappa shape index (κ1) is 51.3. The van der Waals surface area contributed by atoms with Gasteiger partial charge in [-0.15, -0.1) is 0 Å². The number of nitrogen functional groups attached to an aromatic ring is 1. The van der Waals surface area contributed by atoms with Gasteiger partial charge in [-0.1, -0.05) is 25.6 Å². The largest absolute Gasteiger partial charge is 0.481 e. The zero-order chi connectivity index (χ0) is 45.3. The van der Waals surface area contributed by atoms with E-state index in [1.807, 2.05) is 0 Å². The molecule has 0 spiro atoms. The highest BCUT2D eigenvalue weighted by atomic mass is 32.2. The lowest BCUT2D eigenvalue weighted by molar-refractivity contribution is -0.137. The molecule has 0 saturated carbocycles. The molecule has 1 saturated heterocycles. The van der Waals surface area contributed by atoms with Gasteiger partial charge in [-0.3, -0.25) is 37.3 Å². The predicted octanol–water partition coefficient (Wildman–Crippen LogP) is -2.08. The zero-order valence-corrected chi connectivity index (χ0v) is 35.4. The maximum absolute atomic E-state index is 12.7. The van der Waals surface area contributed by atoms with E-state index in [0.717, 1.165) is 29.0 Å². The van der Waals surface area contributed by atoms with E-state index in [1.54, 1.807) is 0 Å². The topological polar surface area (TPSA) is 453 Å². The van der Waals surface area contributed by atoms with Crippen LogP contribution >= 0.6 is 35.2 Å². The van der Waals surface area contributed by atoms with E-state index in [0.29, 0.717) is 12.8 Å². The van der Waals surface area contributed by atoms with Crippen molar-refractivity contribution in [1.29, 1.82) is 0 Å². The second-order valence-electron chi connectivity index (χ2n) is 13.8. The van der Waals surface area contributed by atoms with Crippen molar-refractivity contribution in [3.8, 4) is 0 Å². The molecule has 15 N–H and O–H groups in total. The number of aliphatic hydroxyl groups is 2. The number of hydrogen-bond donors (Lipinski definition) is 12. The molecule has 0 aliphatic carbocycles. The third-order valence-corrected chi connectivity index (χ3v) is 12.5. The maximum Gasteiger partial charge on any atom is 0.481 e. The van der Waals surface area contributed by atoms with Crippen molar-refractivity contribution in [1.82, 2.24) is 30.2 Å². The molecule has 0 radical (unpaired) electrons. The molecule has 0 aromatic carbocycles. The van der Waals surface area contributed by atoms with Crippen LogP contribution in [-0.4, -0.2) is 139 Å². The molecule has 3 rings (SSSR count). The lowest BCUT2D eigenvalue weighted by Crippen LogP contribution is -2.55. The zero-order valence-electron chi connectivity index (χ0n) is 31.9. The molecule has 2 amide bonds. The van der Waals surface area contributed by atoms with Crippen LogP contribution in [0.15, 0.2) is 12.7 Å². The quantitative estimate of drug-likeness (QED) is 0.0289. The smallest absolute Gasteiger partial charge is 0.481 e. The Balaban J connectivity index is 1.45. The number of thioether (sulfide) groups is 1. The first-order valence-corrected chi connectivity index (χ1v) is 23.0. The van der Waals surface area contributed by atoms with Gasteiger partial charge >= 0.3 is 29.4 Å². The van der Waals surface area contributed by atoms with Crippen molar-refractivity contribution in [2.75, 3.05) is 37.8 Å². The monoisotopic (exact) mass is 939 g/mol.